The summed E-state index contributed by atoms with van der Waals surface area (Å²) in [6.45, 7) is 8.08. The van der Waals surface area contributed by atoms with E-state index >= 15 is 0 Å². The number of aryl methyl sites for hydroxylation is 2. The molecular formula is C36H28N2Y2-2. The molecule has 0 bridgehead atoms. The Kier molecular flexibility index (Phi) is 8.19. The zero-order valence-electron chi connectivity index (χ0n) is 22.9. The average molecular weight is 666 g/mol. The van der Waals surface area contributed by atoms with Crippen molar-refractivity contribution >= 4 is 65.2 Å². The van der Waals surface area contributed by atoms with E-state index in [9.17, 15) is 0 Å². The van der Waals surface area contributed by atoms with Crippen LogP contribution in [0.4, 0.5) is 0 Å². The van der Waals surface area contributed by atoms with Gasteiger partial charge in [0, 0.05) is 101 Å². The normalized spacial score (nSPS) is 11.1. The first-order valence-electron chi connectivity index (χ1n) is 12.9. The van der Waals surface area contributed by atoms with E-state index in [1.54, 1.807) is 0 Å². The molecule has 0 saturated carbocycles. The Morgan fingerprint density at radius 3 is 1.25 bits per heavy atom. The van der Waals surface area contributed by atoms with E-state index in [1.807, 2.05) is 0 Å². The summed E-state index contributed by atoms with van der Waals surface area (Å²) in [6, 6.07) is 38.8. The molecule has 0 saturated heterocycles. The molecule has 0 atom stereocenters. The molecule has 0 unspecified atom stereocenters. The van der Waals surface area contributed by atoms with E-state index in [-0.39, 0.29) is 65.4 Å². The molecule has 2 nitrogen and oxygen atoms in total. The number of hydrogen-bond acceptors (Lipinski definition) is 0. The van der Waals surface area contributed by atoms with Gasteiger partial charge >= 0.3 is 0 Å². The maximum Gasteiger partial charge on any atom is 0.0557 e. The van der Waals surface area contributed by atoms with Gasteiger partial charge in [0.2, 0.25) is 0 Å². The molecule has 0 fully saturated rings. The third kappa shape index (κ3) is 4.60. The van der Waals surface area contributed by atoms with Crippen LogP contribution in [0, 0.1) is 13.8 Å². The van der Waals surface area contributed by atoms with E-state index in [2.05, 4.69) is 146 Å². The van der Waals surface area contributed by atoms with Crippen LogP contribution in [0.2, 0.25) is 0 Å². The number of benzene rings is 6. The van der Waals surface area contributed by atoms with Gasteiger partial charge in [-0.15, -0.1) is 0 Å². The van der Waals surface area contributed by atoms with Crippen molar-refractivity contribution in [2.75, 3.05) is 0 Å². The van der Waals surface area contributed by atoms with E-state index in [0.29, 0.717) is 0 Å². The summed E-state index contributed by atoms with van der Waals surface area (Å²) in [5, 5.41) is 10.4. The molecule has 40 heavy (non-hydrogen) atoms. The molecule has 190 valence electrons. The second-order valence-electron chi connectivity index (χ2n) is 10.2. The fourth-order valence-corrected chi connectivity index (χ4v) is 6.09. The molecule has 8 aromatic rings. The van der Waals surface area contributed by atoms with Crippen molar-refractivity contribution < 1.29 is 65.4 Å². The summed E-state index contributed by atoms with van der Waals surface area (Å²) in [5.74, 6) is 0. The van der Waals surface area contributed by atoms with Crippen LogP contribution in [-0.2, 0) is 79.5 Å². The van der Waals surface area contributed by atoms with Gasteiger partial charge in [0.25, 0.3) is 0 Å². The Hall–Kier alpha value is -2.61. The summed E-state index contributed by atoms with van der Waals surface area (Å²) in [7, 11) is 4.28. The first kappa shape index (κ1) is 28.9. The Balaban J connectivity index is 0.000000154. The number of hydrogen-bond donors (Lipinski definition) is 0. The SMILES string of the molecule is [CH2-]c1ccc2c(c1)c1ccc3ccccc3c1n2C.[CH2-]c1ccc2c(c1)c1ccc3ccccc3c1n2C.[Y].[Y]. The second kappa shape index (κ2) is 11.3. The van der Waals surface area contributed by atoms with Crippen LogP contribution in [0.1, 0.15) is 11.1 Å². The van der Waals surface area contributed by atoms with Gasteiger partial charge in [-0.1, -0.05) is 84.9 Å². The van der Waals surface area contributed by atoms with Crippen molar-refractivity contribution in [3.05, 3.63) is 134 Å². The van der Waals surface area contributed by atoms with E-state index in [4.69, 9.17) is 0 Å². The fourth-order valence-electron chi connectivity index (χ4n) is 6.09. The van der Waals surface area contributed by atoms with Crippen molar-refractivity contribution in [1.82, 2.24) is 9.13 Å². The summed E-state index contributed by atoms with van der Waals surface area (Å²) in [5.41, 5.74) is 7.26. The quantitative estimate of drug-likeness (QED) is 0.143. The van der Waals surface area contributed by atoms with E-state index in [1.165, 1.54) is 65.2 Å². The molecule has 4 heteroatoms. The van der Waals surface area contributed by atoms with Crippen molar-refractivity contribution in [3.63, 3.8) is 0 Å². The fraction of sp³-hybridized carbons (Fsp3) is 0.0556. The summed E-state index contributed by atoms with van der Waals surface area (Å²) in [4.78, 5) is 0. The van der Waals surface area contributed by atoms with Crippen molar-refractivity contribution in [2.24, 2.45) is 14.1 Å². The molecule has 6 aromatic carbocycles. The van der Waals surface area contributed by atoms with Crippen LogP contribution in [0.5, 0.6) is 0 Å². The molecule has 8 rings (SSSR count). The average Bonchev–Trinajstić information content (AvgIpc) is 3.39. The number of nitrogens with zero attached hydrogens (tertiary/aromatic N) is 2. The Bertz CT molecular complexity index is 2030. The second-order valence-corrected chi connectivity index (χ2v) is 10.2. The van der Waals surface area contributed by atoms with Gasteiger partial charge in [0.15, 0.2) is 0 Å². The van der Waals surface area contributed by atoms with Crippen LogP contribution in [0.25, 0.3) is 65.2 Å². The summed E-state index contributed by atoms with van der Waals surface area (Å²) >= 11 is 0. The molecular weight excluding hydrogens is 638 g/mol. The Morgan fingerprint density at radius 1 is 0.425 bits per heavy atom. The first-order valence-corrected chi connectivity index (χ1v) is 12.9. The van der Waals surface area contributed by atoms with Gasteiger partial charge in [0.05, 0.1) is 11.0 Å². The van der Waals surface area contributed by atoms with Gasteiger partial charge in [0.1, 0.15) is 0 Å². The van der Waals surface area contributed by atoms with Gasteiger partial charge in [-0.25, -0.2) is 0 Å². The monoisotopic (exact) mass is 666 g/mol. The molecule has 0 aliphatic rings. The van der Waals surface area contributed by atoms with Gasteiger partial charge in [-0.2, -0.15) is 49.2 Å². The van der Waals surface area contributed by atoms with Gasteiger partial charge in [-0.3, -0.25) is 0 Å². The minimum atomic E-state index is 0. The minimum Gasteiger partial charge on any atom is -0.345 e. The van der Waals surface area contributed by atoms with E-state index in [0.717, 1.165) is 11.1 Å². The van der Waals surface area contributed by atoms with E-state index < -0.39 is 0 Å². The molecule has 0 spiro atoms. The molecule has 2 aromatic heterocycles. The molecule has 2 radical (unpaired) electrons. The topological polar surface area (TPSA) is 9.86 Å². The zero-order valence-corrected chi connectivity index (χ0v) is 28.5. The van der Waals surface area contributed by atoms with Crippen molar-refractivity contribution in [2.45, 2.75) is 0 Å². The summed E-state index contributed by atoms with van der Waals surface area (Å²) < 4.78 is 4.57. The number of rotatable bonds is 0. The predicted molar refractivity (Wildman–Crippen MR) is 165 cm³/mol. The van der Waals surface area contributed by atoms with Crippen molar-refractivity contribution in [1.29, 1.82) is 0 Å². The molecule has 2 heterocycles. The smallest absolute Gasteiger partial charge is 0.0557 e. The first-order chi connectivity index (χ1) is 18.5. The standard InChI is InChI=1S/2C18H14N.2Y/c2*1-12-7-10-17-16(11-12)15-9-8-13-5-3-4-6-14(13)18(15)19(17)2;;/h2*3-11H,1H2,2H3;;/q2*-1;;. The third-order valence-electron chi connectivity index (χ3n) is 7.90. The Morgan fingerprint density at radius 2 is 0.825 bits per heavy atom. The largest absolute Gasteiger partial charge is 0.345 e. The molecule has 0 amide bonds. The maximum atomic E-state index is 4.04. The van der Waals surface area contributed by atoms with Crippen LogP contribution in [-0.4, -0.2) is 9.13 Å². The minimum absolute atomic E-state index is 0. The third-order valence-corrected chi connectivity index (χ3v) is 7.90. The number of fused-ring (bicyclic) bond motifs is 10. The van der Waals surface area contributed by atoms with Gasteiger partial charge in [-0.05, 0) is 32.3 Å². The maximum absolute atomic E-state index is 4.04. The molecule has 0 aliphatic heterocycles. The Labute approximate surface area is 285 Å². The summed E-state index contributed by atoms with van der Waals surface area (Å²) in [6.07, 6.45) is 0. The molecule has 0 aliphatic carbocycles. The van der Waals surface area contributed by atoms with Crippen LogP contribution < -0.4 is 0 Å². The van der Waals surface area contributed by atoms with Gasteiger partial charge < -0.3 is 9.13 Å². The zero-order chi connectivity index (χ0) is 26.0. The van der Waals surface area contributed by atoms with Crippen LogP contribution in [0.15, 0.2) is 109 Å². The van der Waals surface area contributed by atoms with Crippen molar-refractivity contribution in [3.8, 4) is 0 Å². The predicted octanol–water partition coefficient (Wildman–Crippen LogP) is 9.33. The molecule has 0 N–H and O–H groups in total. The van der Waals surface area contributed by atoms with Crippen LogP contribution >= 0.6 is 0 Å². The number of aromatic nitrogens is 2. The van der Waals surface area contributed by atoms with Crippen LogP contribution in [0.3, 0.4) is 0 Å².